The Balaban J connectivity index is 3.42. The second kappa shape index (κ2) is 8.09. The number of hydrogen-bond acceptors (Lipinski definition) is 8. The molecule has 126 valence electrons. The third kappa shape index (κ3) is 4.09. The Morgan fingerprint density at radius 1 is 1.22 bits per heavy atom. The highest BCUT2D eigenvalue weighted by atomic mass is 31.2. The van der Waals surface area contributed by atoms with Gasteiger partial charge in [-0.2, -0.15) is 5.26 Å². The van der Waals surface area contributed by atoms with Crippen LogP contribution in [0.2, 0.25) is 0 Å². The summed E-state index contributed by atoms with van der Waals surface area (Å²) in [4.78, 5) is 12.3. The zero-order valence-electron chi connectivity index (χ0n) is 13.3. The van der Waals surface area contributed by atoms with E-state index in [-0.39, 0.29) is 12.2 Å². The molecule has 1 aromatic carbocycles. The summed E-state index contributed by atoms with van der Waals surface area (Å²) < 4.78 is 36.7. The van der Waals surface area contributed by atoms with Crippen LogP contribution in [-0.4, -0.2) is 33.9 Å². The van der Waals surface area contributed by atoms with Crippen LogP contribution in [-0.2, 0) is 33.3 Å². The van der Waals surface area contributed by atoms with Gasteiger partial charge < -0.3 is 9.47 Å². The standard InChI is InChI=1S/C14H18NO7P/c1-5-21-13(16)14(10-15,22-23(17,19-3)20-4)11-6-8-12(18-2)9-7-11/h6-9H,5H2,1-4H3. The molecule has 0 fully saturated rings. The van der Waals surface area contributed by atoms with Crippen molar-refractivity contribution in [1.29, 1.82) is 5.26 Å². The van der Waals surface area contributed by atoms with Gasteiger partial charge in [-0.1, -0.05) is 12.1 Å². The first kappa shape index (κ1) is 19.1. The van der Waals surface area contributed by atoms with Crippen LogP contribution in [0.25, 0.3) is 0 Å². The van der Waals surface area contributed by atoms with Gasteiger partial charge in [-0.05, 0) is 19.1 Å². The van der Waals surface area contributed by atoms with Crippen molar-refractivity contribution < 1.29 is 32.4 Å². The molecule has 0 N–H and O–H groups in total. The Morgan fingerprint density at radius 3 is 2.17 bits per heavy atom. The van der Waals surface area contributed by atoms with Crippen LogP contribution in [0, 0.1) is 11.3 Å². The predicted octanol–water partition coefficient (Wildman–Crippen LogP) is 2.39. The number of hydrogen-bond donors (Lipinski definition) is 0. The molecule has 0 spiro atoms. The first-order valence-corrected chi connectivity index (χ1v) is 8.02. The number of esters is 1. The Kier molecular flexibility index (Phi) is 6.73. The van der Waals surface area contributed by atoms with Crippen molar-refractivity contribution in [2.45, 2.75) is 12.5 Å². The van der Waals surface area contributed by atoms with E-state index >= 15 is 0 Å². The molecule has 0 aromatic heterocycles. The molecule has 0 bridgehead atoms. The molecule has 1 atom stereocenters. The number of nitriles is 1. The van der Waals surface area contributed by atoms with E-state index in [1.807, 2.05) is 0 Å². The van der Waals surface area contributed by atoms with E-state index in [1.165, 1.54) is 31.4 Å². The van der Waals surface area contributed by atoms with Gasteiger partial charge >= 0.3 is 13.8 Å². The number of ether oxygens (including phenoxy) is 2. The molecule has 8 nitrogen and oxygen atoms in total. The molecule has 1 rings (SSSR count). The normalized spacial score (nSPS) is 13.7. The van der Waals surface area contributed by atoms with Gasteiger partial charge in [-0.3, -0.25) is 9.05 Å². The van der Waals surface area contributed by atoms with Crippen LogP contribution in [0.15, 0.2) is 24.3 Å². The first-order chi connectivity index (χ1) is 10.9. The Hall–Kier alpha value is -1.91. The van der Waals surface area contributed by atoms with Crippen molar-refractivity contribution in [2.75, 3.05) is 27.9 Å². The maximum atomic E-state index is 12.3. The maximum absolute atomic E-state index is 12.3. The number of phosphoric ester groups is 1. The molecular formula is C14H18NO7P. The summed E-state index contributed by atoms with van der Waals surface area (Å²) in [7, 11) is -0.515. The summed E-state index contributed by atoms with van der Waals surface area (Å²) in [5.74, 6) is -0.520. The summed E-state index contributed by atoms with van der Waals surface area (Å²) in [6.07, 6.45) is 0. The molecule has 0 radical (unpaired) electrons. The fourth-order valence-corrected chi connectivity index (χ4v) is 2.57. The van der Waals surface area contributed by atoms with Gasteiger partial charge in [0.1, 0.15) is 11.8 Å². The van der Waals surface area contributed by atoms with Crippen molar-refractivity contribution in [2.24, 2.45) is 0 Å². The average molecular weight is 343 g/mol. The van der Waals surface area contributed by atoms with Crippen LogP contribution in [0.1, 0.15) is 12.5 Å². The lowest BCUT2D eigenvalue weighted by molar-refractivity contribution is -0.159. The summed E-state index contributed by atoms with van der Waals surface area (Å²) >= 11 is 0. The maximum Gasteiger partial charge on any atom is 0.476 e. The topological polar surface area (TPSA) is 104 Å². The van der Waals surface area contributed by atoms with E-state index in [0.29, 0.717) is 5.75 Å². The third-order valence-electron chi connectivity index (χ3n) is 2.91. The van der Waals surface area contributed by atoms with E-state index in [2.05, 4.69) is 9.05 Å². The van der Waals surface area contributed by atoms with E-state index in [9.17, 15) is 14.6 Å². The second-order valence-electron chi connectivity index (χ2n) is 4.15. The van der Waals surface area contributed by atoms with Crippen LogP contribution in [0.3, 0.4) is 0 Å². The molecule has 23 heavy (non-hydrogen) atoms. The molecule has 9 heteroatoms. The lowest BCUT2D eigenvalue weighted by Gasteiger charge is -2.27. The highest BCUT2D eigenvalue weighted by Gasteiger charge is 2.50. The van der Waals surface area contributed by atoms with Crippen LogP contribution >= 0.6 is 7.82 Å². The molecule has 0 aliphatic heterocycles. The van der Waals surface area contributed by atoms with E-state index in [0.717, 1.165) is 14.2 Å². The van der Waals surface area contributed by atoms with E-state index < -0.39 is 19.4 Å². The van der Waals surface area contributed by atoms with E-state index in [4.69, 9.17) is 14.0 Å². The molecule has 0 saturated carbocycles. The number of nitrogens with zero attached hydrogens (tertiary/aromatic N) is 1. The van der Waals surface area contributed by atoms with Gasteiger partial charge in [0.15, 0.2) is 0 Å². The van der Waals surface area contributed by atoms with Crippen LogP contribution < -0.4 is 4.74 Å². The quantitative estimate of drug-likeness (QED) is 0.523. The second-order valence-corrected chi connectivity index (χ2v) is 5.95. The highest BCUT2D eigenvalue weighted by Crippen LogP contribution is 2.53. The first-order valence-electron chi connectivity index (χ1n) is 6.56. The number of carbonyl (C=O) groups is 1. The van der Waals surface area contributed by atoms with Crippen LogP contribution in [0.5, 0.6) is 5.75 Å². The fraction of sp³-hybridized carbons (Fsp3) is 0.429. The smallest absolute Gasteiger partial charge is 0.476 e. The summed E-state index contributed by atoms with van der Waals surface area (Å²) in [5, 5.41) is 9.57. The summed E-state index contributed by atoms with van der Waals surface area (Å²) in [5.41, 5.74) is -2.20. The summed E-state index contributed by atoms with van der Waals surface area (Å²) in [6, 6.07) is 7.60. The Labute approximate surface area is 134 Å². The zero-order chi connectivity index (χ0) is 17.5. The summed E-state index contributed by atoms with van der Waals surface area (Å²) in [6.45, 7) is 1.58. The van der Waals surface area contributed by atoms with Gasteiger partial charge in [-0.25, -0.2) is 13.9 Å². The lowest BCUT2D eigenvalue weighted by atomic mass is 9.95. The minimum atomic E-state index is -4.14. The van der Waals surface area contributed by atoms with Crippen LogP contribution in [0.4, 0.5) is 0 Å². The Morgan fingerprint density at radius 2 is 1.78 bits per heavy atom. The van der Waals surface area contributed by atoms with Crippen molar-refractivity contribution in [3.63, 3.8) is 0 Å². The third-order valence-corrected chi connectivity index (χ3v) is 4.30. The molecule has 0 heterocycles. The van der Waals surface area contributed by atoms with Crippen molar-refractivity contribution in [3.8, 4) is 11.8 Å². The molecule has 0 aliphatic rings. The predicted molar refractivity (Wildman–Crippen MR) is 79.6 cm³/mol. The van der Waals surface area contributed by atoms with Gasteiger partial charge in [0.25, 0.3) is 5.60 Å². The van der Waals surface area contributed by atoms with E-state index in [1.54, 1.807) is 13.0 Å². The SMILES string of the molecule is CCOC(=O)C(C#N)(OP(=O)(OC)OC)c1ccc(OC)cc1. The molecule has 0 aliphatic carbocycles. The van der Waals surface area contributed by atoms with Gasteiger partial charge in [0.2, 0.25) is 0 Å². The van der Waals surface area contributed by atoms with Gasteiger partial charge in [0, 0.05) is 19.8 Å². The zero-order valence-corrected chi connectivity index (χ0v) is 14.2. The average Bonchev–Trinajstić information content (AvgIpc) is 2.60. The lowest BCUT2D eigenvalue weighted by Crippen LogP contribution is -2.38. The van der Waals surface area contributed by atoms with Gasteiger partial charge in [-0.15, -0.1) is 0 Å². The fourth-order valence-electron chi connectivity index (χ4n) is 1.71. The number of rotatable bonds is 8. The molecule has 1 aromatic rings. The molecule has 1 unspecified atom stereocenters. The number of benzene rings is 1. The highest BCUT2D eigenvalue weighted by molar-refractivity contribution is 7.48. The molecular weight excluding hydrogens is 325 g/mol. The minimum Gasteiger partial charge on any atom is -0.497 e. The van der Waals surface area contributed by atoms with Crippen molar-refractivity contribution in [3.05, 3.63) is 29.8 Å². The molecule has 0 amide bonds. The number of phosphoric acid groups is 1. The largest absolute Gasteiger partial charge is 0.497 e. The monoisotopic (exact) mass is 343 g/mol. The Bertz CT molecular complexity index is 617. The number of carbonyl (C=O) groups excluding carboxylic acids is 1. The van der Waals surface area contributed by atoms with Gasteiger partial charge in [0.05, 0.1) is 13.7 Å². The number of methoxy groups -OCH3 is 1. The van der Waals surface area contributed by atoms with Crippen molar-refractivity contribution in [1.82, 2.24) is 0 Å². The minimum absolute atomic E-state index is 0.00600. The molecule has 0 saturated heterocycles. The van der Waals surface area contributed by atoms with Crippen molar-refractivity contribution >= 4 is 13.8 Å².